The van der Waals surface area contributed by atoms with E-state index in [1.54, 1.807) is 12.3 Å². The minimum atomic E-state index is -0.931. The first-order chi connectivity index (χ1) is 18.7. The minimum Gasteiger partial charge on any atom is -0.504 e. The predicted octanol–water partition coefficient (Wildman–Crippen LogP) is 4.82. The molecule has 2 aliphatic heterocycles. The molecule has 0 saturated carbocycles. The lowest BCUT2D eigenvalue weighted by Gasteiger charge is -2.30. The second kappa shape index (κ2) is 11.1. The van der Waals surface area contributed by atoms with Gasteiger partial charge in [0.25, 0.3) is 0 Å². The lowest BCUT2D eigenvalue weighted by molar-refractivity contribution is -0.137. The highest BCUT2D eigenvalue weighted by Crippen LogP contribution is 2.50. The van der Waals surface area contributed by atoms with Crippen LogP contribution in [0, 0.1) is 21.3 Å². The number of benzene rings is 1. The lowest BCUT2D eigenvalue weighted by atomic mass is 9.70. The summed E-state index contributed by atoms with van der Waals surface area (Å²) in [7, 11) is 2.68. The Bertz CT molecular complexity index is 1390. The van der Waals surface area contributed by atoms with Crippen molar-refractivity contribution < 1.29 is 33.7 Å². The number of methoxy groups -OCH3 is 2. The van der Waals surface area contributed by atoms with Gasteiger partial charge in [0.05, 0.1) is 48.0 Å². The molecule has 0 radical (unpaired) electrons. The summed E-state index contributed by atoms with van der Waals surface area (Å²) in [5.41, 5.74) is 4.79. The van der Waals surface area contributed by atoms with Gasteiger partial charge in [-0.25, -0.2) is 4.79 Å². The fourth-order valence-corrected chi connectivity index (χ4v) is 6.67. The molecule has 2 aromatic rings. The summed E-state index contributed by atoms with van der Waals surface area (Å²) in [4.78, 5) is 43.4. The fourth-order valence-electron chi connectivity index (χ4n) is 6.05. The van der Waals surface area contributed by atoms with Gasteiger partial charge < -0.3 is 19.3 Å². The Labute approximate surface area is 240 Å². The number of phenolic OH excluding ortho intramolecular Hbond substituents is 1. The molecule has 4 atom stereocenters. The summed E-state index contributed by atoms with van der Waals surface area (Å²) in [5.74, 6) is -1.92. The van der Waals surface area contributed by atoms with E-state index >= 15 is 0 Å². The number of nitrogens with zero attached hydrogens (tertiary/aromatic N) is 2. The Kier molecular flexibility index (Phi) is 7.77. The maximum atomic E-state index is 13.1. The highest BCUT2D eigenvalue weighted by molar-refractivity contribution is 14.1. The first-order valence-electron chi connectivity index (χ1n) is 12.7. The van der Waals surface area contributed by atoms with Gasteiger partial charge >= 0.3 is 6.09 Å². The number of aromatic nitrogens is 1. The van der Waals surface area contributed by atoms with Crippen LogP contribution in [0.3, 0.4) is 0 Å². The number of ether oxygens (including phenoxy) is 3. The van der Waals surface area contributed by atoms with Gasteiger partial charge in [0.2, 0.25) is 11.8 Å². The molecule has 5 rings (SSSR count). The van der Waals surface area contributed by atoms with Gasteiger partial charge in [-0.15, -0.1) is 0 Å². The van der Waals surface area contributed by atoms with Crippen LogP contribution in [0.25, 0.3) is 11.6 Å². The van der Waals surface area contributed by atoms with Crippen LogP contribution >= 0.6 is 22.6 Å². The van der Waals surface area contributed by atoms with E-state index in [9.17, 15) is 19.5 Å². The maximum absolute atomic E-state index is 13.1. The molecular weight excluding hydrogens is 615 g/mol. The monoisotopic (exact) mass is 644 g/mol. The largest absolute Gasteiger partial charge is 0.504 e. The molecule has 204 valence electrons. The summed E-state index contributed by atoms with van der Waals surface area (Å²) in [5, 5.41) is 10.3. The standard InChI is InChI=1S/C29H29IN2O7/c1-15-10-18-25(28(35)32(27(18)34)29(36)38-3)19-14-39-22(24(15)19)8-7-17(21-6-4-5-9-31-21)11-16-12-20(30)26(33)23(13-16)37-2/h4-6,9,11-13,18-19,22,25,33H,7-8,10,14H2,1-3H3/b17-11-/t18-,19+,22-,25-/m1/s1. The number of allylic oxidation sites excluding steroid dienone is 2. The van der Waals surface area contributed by atoms with Crippen LogP contribution in [0.15, 0.2) is 47.7 Å². The Morgan fingerprint density at radius 1 is 1.23 bits per heavy atom. The van der Waals surface area contributed by atoms with E-state index in [2.05, 4.69) is 27.6 Å². The van der Waals surface area contributed by atoms with Gasteiger partial charge in [0.1, 0.15) is 0 Å². The van der Waals surface area contributed by atoms with Crippen LogP contribution in [0.5, 0.6) is 11.5 Å². The Hall–Kier alpha value is -3.25. The Balaban J connectivity index is 1.41. The van der Waals surface area contributed by atoms with Crippen LogP contribution < -0.4 is 4.74 Å². The van der Waals surface area contributed by atoms with Crippen LogP contribution in [-0.2, 0) is 19.1 Å². The van der Waals surface area contributed by atoms with E-state index in [0.29, 0.717) is 40.1 Å². The number of hydrogen-bond acceptors (Lipinski definition) is 8. The van der Waals surface area contributed by atoms with E-state index in [1.807, 2.05) is 37.3 Å². The van der Waals surface area contributed by atoms with Crippen molar-refractivity contribution >= 4 is 52.1 Å². The molecule has 1 aromatic heterocycles. The molecule has 3 amide bonds. The molecular formula is C29H29IN2O7. The third-order valence-corrected chi connectivity index (χ3v) is 8.61. The number of rotatable bonds is 6. The van der Waals surface area contributed by atoms with E-state index in [4.69, 9.17) is 14.2 Å². The molecule has 0 unspecified atom stereocenters. The number of carbonyl (C=O) groups is 3. The number of amides is 3. The second-order valence-electron chi connectivity index (χ2n) is 9.96. The fraction of sp³-hybridized carbons (Fsp3) is 0.379. The number of halogens is 1. The molecule has 3 heterocycles. The SMILES string of the molecule is COC(=O)N1C(=O)[C@@H]2[C@@H](CC(C)=C3[C@@H](CC/C(=C/c4cc(I)c(O)c(OC)c4)c4ccccn4)OC[C@@H]32)C1=O. The zero-order valence-electron chi connectivity index (χ0n) is 21.8. The highest BCUT2D eigenvalue weighted by Gasteiger charge is 2.58. The quantitative estimate of drug-likeness (QED) is 0.271. The van der Waals surface area contributed by atoms with Gasteiger partial charge in [-0.3, -0.25) is 14.6 Å². The third kappa shape index (κ3) is 4.95. The van der Waals surface area contributed by atoms with Gasteiger partial charge in [0, 0.05) is 12.1 Å². The molecule has 1 aliphatic carbocycles. The summed E-state index contributed by atoms with van der Waals surface area (Å²) < 4.78 is 16.9. The van der Waals surface area contributed by atoms with Gasteiger partial charge in [-0.1, -0.05) is 11.6 Å². The molecule has 39 heavy (non-hydrogen) atoms. The van der Waals surface area contributed by atoms with Gasteiger partial charge in [-0.05, 0) is 95.8 Å². The third-order valence-electron chi connectivity index (χ3n) is 7.79. The number of carbonyl (C=O) groups excluding carboxylic acids is 3. The van der Waals surface area contributed by atoms with Crippen LogP contribution in [0.2, 0.25) is 0 Å². The zero-order chi connectivity index (χ0) is 27.8. The number of aromatic hydroxyl groups is 1. The predicted molar refractivity (Wildman–Crippen MR) is 151 cm³/mol. The molecule has 2 fully saturated rings. The lowest BCUT2D eigenvalue weighted by Crippen LogP contribution is -2.37. The van der Waals surface area contributed by atoms with Crippen LogP contribution in [0.1, 0.15) is 37.4 Å². The molecule has 0 spiro atoms. The van der Waals surface area contributed by atoms with Crippen molar-refractivity contribution in [2.75, 3.05) is 20.8 Å². The summed E-state index contributed by atoms with van der Waals surface area (Å²) in [6.45, 7) is 2.31. The maximum Gasteiger partial charge on any atom is 0.423 e. The number of likely N-dealkylation sites (tertiary alicyclic amines) is 1. The van der Waals surface area contributed by atoms with Crippen molar-refractivity contribution in [1.82, 2.24) is 9.88 Å². The van der Waals surface area contributed by atoms with E-state index < -0.39 is 29.7 Å². The van der Waals surface area contributed by atoms with Crippen molar-refractivity contribution in [3.05, 3.63) is 62.5 Å². The van der Waals surface area contributed by atoms with E-state index in [-0.39, 0.29) is 17.8 Å². The van der Waals surface area contributed by atoms with Crippen molar-refractivity contribution in [1.29, 1.82) is 0 Å². The van der Waals surface area contributed by atoms with Crippen molar-refractivity contribution in [2.45, 2.75) is 32.3 Å². The first-order valence-corrected chi connectivity index (χ1v) is 13.8. The van der Waals surface area contributed by atoms with E-state index in [0.717, 1.165) is 35.1 Å². The average molecular weight is 644 g/mol. The van der Waals surface area contributed by atoms with E-state index in [1.165, 1.54) is 7.11 Å². The Morgan fingerprint density at radius 3 is 2.72 bits per heavy atom. The highest BCUT2D eigenvalue weighted by atomic mass is 127. The van der Waals surface area contributed by atoms with Crippen molar-refractivity contribution in [2.24, 2.45) is 17.8 Å². The number of hydrogen-bond donors (Lipinski definition) is 1. The molecule has 2 saturated heterocycles. The molecule has 1 N–H and O–H groups in total. The normalized spacial score (nSPS) is 24.6. The number of fused-ring (bicyclic) bond motifs is 3. The molecule has 3 aliphatic rings. The van der Waals surface area contributed by atoms with Crippen molar-refractivity contribution in [3.8, 4) is 11.5 Å². The second-order valence-corrected chi connectivity index (χ2v) is 11.1. The molecule has 1 aromatic carbocycles. The minimum absolute atomic E-state index is 0.101. The molecule has 0 bridgehead atoms. The summed E-state index contributed by atoms with van der Waals surface area (Å²) >= 11 is 2.07. The van der Waals surface area contributed by atoms with Crippen LogP contribution in [0.4, 0.5) is 4.79 Å². The van der Waals surface area contributed by atoms with Gasteiger partial charge in [0.15, 0.2) is 11.5 Å². The van der Waals surface area contributed by atoms with Crippen molar-refractivity contribution in [3.63, 3.8) is 0 Å². The molecule has 10 heteroatoms. The van der Waals surface area contributed by atoms with Gasteiger partial charge in [-0.2, -0.15) is 4.90 Å². The number of pyridine rings is 1. The number of imide groups is 3. The number of phenols is 1. The van der Waals surface area contributed by atoms with Crippen LogP contribution in [-0.4, -0.2) is 59.8 Å². The summed E-state index contributed by atoms with van der Waals surface area (Å²) in [6, 6.07) is 9.41. The zero-order valence-corrected chi connectivity index (χ0v) is 24.0. The Morgan fingerprint density at radius 2 is 2.03 bits per heavy atom. The topological polar surface area (TPSA) is 115 Å². The smallest absolute Gasteiger partial charge is 0.423 e. The molecule has 9 nitrogen and oxygen atoms in total. The average Bonchev–Trinajstić information content (AvgIpc) is 3.47. The summed E-state index contributed by atoms with van der Waals surface area (Å²) in [6.07, 6.45) is 4.34. The first kappa shape index (κ1) is 27.3.